The van der Waals surface area contributed by atoms with Gasteiger partial charge in [0.15, 0.2) is 0 Å². The van der Waals surface area contributed by atoms with Gasteiger partial charge in [0.25, 0.3) is 5.91 Å². The zero-order valence-electron chi connectivity index (χ0n) is 14.1. The highest BCUT2D eigenvalue weighted by Crippen LogP contribution is 2.37. The van der Waals surface area contributed by atoms with Gasteiger partial charge < -0.3 is 15.0 Å². The second-order valence-electron chi connectivity index (χ2n) is 5.74. The van der Waals surface area contributed by atoms with Gasteiger partial charge in [-0.25, -0.2) is 13.6 Å². The fourth-order valence-electron chi connectivity index (χ4n) is 2.82. The molecule has 1 aromatic heterocycles. The van der Waals surface area contributed by atoms with Crippen LogP contribution in [-0.2, 0) is 17.7 Å². The Kier molecular flexibility index (Phi) is 6.33. The minimum atomic E-state index is -0.960. The van der Waals surface area contributed by atoms with Gasteiger partial charge in [-0.3, -0.25) is 4.79 Å². The van der Waals surface area contributed by atoms with E-state index in [1.54, 1.807) is 0 Å². The first-order valence-corrected chi connectivity index (χ1v) is 8.40. The van der Waals surface area contributed by atoms with E-state index in [4.69, 9.17) is 4.74 Å². The number of thiophene rings is 1. The standard InChI is InChI=1S/C17H16F2N2O3S.ClH/c1-21-7-6-9-12(8-21)25-16(13(9)17(23)24-2)20-15(22)14-10(18)4-3-5-11(14)19;/h3-5H,6-8H2,1-2H3,(H,20,22);1H. The maximum Gasteiger partial charge on any atom is 0.341 e. The van der Waals surface area contributed by atoms with Gasteiger partial charge in [-0.2, -0.15) is 0 Å². The van der Waals surface area contributed by atoms with Crippen LogP contribution >= 0.6 is 23.7 Å². The first-order valence-electron chi connectivity index (χ1n) is 7.59. The van der Waals surface area contributed by atoms with E-state index in [0.29, 0.717) is 13.0 Å². The molecular formula is C17H17ClF2N2O3S. The van der Waals surface area contributed by atoms with Crippen LogP contribution in [0.3, 0.4) is 0 Å². The zero-order chi connectivity index (χ0) is 18.1. The lowest BCUT2D eigenvalue weighted by Crippen LogP contribution is -2.26. The zero-order valence-corrected chi connectivity index (χ0v) is 15.7. The molecule has 2 aromatic rings. The van der Waals surface area contributed by atoms with E-state index in [0.717, 1.165) is 29.1 Å². The van der Waals surface area contributed by atoms with Crippen molar-refractivity contribution in [3.8, 4) is 0 Å². The summed E-state index contributed by atoms with van der Waals surface area (Å²) in [4.78, 5) is 27.5. The molecular weight excluding hydrogens is 386 g/mol. The summed E-state index contributed by atoms with van der Waals surface area (Å²) < 4.78 is 32.4. The first kappa shape index (κ1) is 20.3. The monoisotopic (exact) mass is 402 g/mol. The number of nitrogens with one attached hydrogen (secondary N) is 1. The summed E-state index contributed by atoms with van der Waals surface area (Å²) >= 11 is 1.22. The number of hydrogen-bond acceptors (Lipinski definition) is 5. The Morgan fingerprint density at radius 3 is 2.50 bits per heavy atom. The highest BCUT2D eigenvalue weighted by Gasteiger charge is 2.29. The number of likely N-dealkylation sites (N-methyl/N-ethyl adjacent to an activating group) is 1. The van der Waals surface area contributed by atoms with Crippen molar-refractivity contribution in [2.24, 2.45) is 0 Å². The van der Waals surface area contributed by atoms with Crippen molar-refractivity contribution in [3.05, 3.63) is 51.4 Å². The molecule has 0 spiro atoms. The van der Waals surface area contributed by atoms with E-state index in [1.165, 1.54) is 24.5 Å². The van der Waals surface area contributed by atoms with Crippen molar-refractivity contribution in [2.45, 2.75) is 13.0 Å². The Hall–Kier alpha value is -2.03. The Morgan fingerprint density at radius 1 is 1.23 bits per heavy atom. The normalized spacial score (nSPS) is 13.5. The molecule has 9 heteroatoms. The lowest BCUT2D eigenvalue weighted by molar-refractivity contribution is 0.0600. The third-order valence-corrected chi connectivity index (χ3v) is 5.19. The molecule has 0 atom stereocenters. The second kappa shape index (κ2) is 8.11. The molecule has 0 saturated heterocycles. The molecule has 1 aliphatic rings. The topological polar surface area (TPSA) is 58.6 Å². The van der Waals surface area contributed by atoms with Crippen molar-refractivity contribution in [1.82, 2.24) is 4.90 Å². The summed E-state index contributed by atoms with van der Waals surface area (Å²) in [5, 5.41) is 2.73. The minimum Gasteiger partial charge on any atom is -0.465 e. The van der Waals surface area contributed by atoms with Crippen molar-refractivity contribution in [2.75, 3.05) is 26.0 Å². The van der Waals surface area contributed by atoms with Crippen molar-refractivity contribution < 1.29 is 23.1 Å². The molecule has 0 fully saturated rings. The summed E-state index contributed by atoms with van der Waals surface area (Å²) in [5.41, 5.74) is 0.404. The molecule has 26 heavy (non-hydrogen) atoms. The Bertz CT molecular complexity index is 837. The minimum absolute atomic E-state index is 0. The van der Waals surface area contributed by atoms with Crippen LogP contribution in [-0.4, -0.2) is 37.5 Å². The van der Waals surface area contributed by atoms with Crippen molar-refractivity contribution in [3.63, 3.8) is 0 Å². The summed E-state index contributed by atoms with van der Waals surface area (Å²) in [7, 11) is 3.21. The van der Waals surface area contributed by atoms with E-state index in [-0.39, 0.29) is 23.0 Å². The number of fused-ring (bicyclic) bond motifs is 1. The smallest absolute Gasteiger partial charge is 0.341 e. The molecule has 0 radical (unpaired) electrons. The van der Waals surface area contributed by atoms with E-state index in [9.17, 15) is 18.4 Å². The number of benzene rings is 1. The Balaban J connectivity index is 0.00000243. The highest BCUT2D eigenvalue weighted by atomic mass is 35.5. The lowest BCUT2D eigenvalue weighted by atomic mass is 10.0. The molecule has 0 bridgehead atoms. The predicted octanol–water partition coefficient (Wildman–Crippen LogP) is 3.47. The fraction of sp³-hybridized carbons (Fsp3) is 0.294. The van der Waals surface area contributed by atoms with E-state index >= 15 is 0 Å². The number of carbonyl (C=O) groups excluding carboxylic acids is 2. The molecule has 0 saturated carbocycles. The van der Waals surface area contributed by atoms with Crippen LogP contribution in [0, 0.1) is 11.6 Å². The molecule has 3 rings (SSSR count). The molecule has 1 amide bonds. The molecule has 140 valence electrons. The first-order chi connectivity index (χ1) is 11.9. The maximum atomic E-state index is 13.8. The number of halogens is 3. The number of carbonyl (C=O) groups is 2. The largest absolute Gasteiger partial charge is 0.465 e. The van der Waals surface area contributed by atoms with Crippen LogP contribution < -0.4 is 5.32 Å². The van der Waals surface area contributed by atoms with Crippen LogP contribution in [0.15, 0.2) is 18.2 Å². The summed E-state index contributed by atoms with van der Waals surface area (Å²) in [6, 6.07) is 3.20. The van der Waals surface area contributed by atoms with E-state index < -0.39 is 29.1 Å². The third kappa shape index (κ3) is 3.72. The molecule has 0 unspecified atom stereocenters. The number of hydrogen-bond donors (Lipinski definition) is 1. The maximum absolute atomic E-state index is 13.8. The molecule has 1 aromatic carbocycles. The summed E-state index contributed by atoms with van der Waals surface area (Å²) in [6.07, 6.45) is 0.636. The van der Waals surface area contributed by atoms with Gasteiger partial charge in [0.05, 0.1) is 12.7 Å². The average molecular weight is 403 g/mol. The summed E-state index contributed by atoms with van der Waals surface area (Å²) in [5.74, 6) is -3.43. The number of amides is 1. The quantitative estimate of drug-likeness (QED) is 0.798. The Labute approximate surface area is 159 Å². The van der Waals surface area contributed by atoms with Gasteiger partial charge in [-0.15, -0.1) is 23.7 Å². The van der Waals surface area contributed by atoms with Gasteiger partial charge in [-0.1, -0.05) is 6.07 Å². The highest BCUT2D eigenvalue weighted by molar-refractivity contribution is 7.17. The Morgan fingerprint density at radius 2 is 1.88 bits per heavy atom. The van der Waals surface area contributed by atoms with Crippen LogP contribution in [0.4, 0.5) is 13.8 Å². The SMILES string of the molecule is COC(=O)c1c(NC(=O)c2c(F)cccc2F)sc2c1CCN(C)C2.Cl. The van der Waals surface area contributed by atoms with Gasteiger partial charge >= 0.3 is 5.97 Å². The fourth-order valence-corrected chi connectivity index (χ4v) is 4.13. The van der Waals surface area contributed by atoms with Crippen LogP contribution in [0.1, 0.15) is 31.2 Å². The van der Waals surface area contributed by atoms with Crippen molar-refractivity contribution >= 4 is 40.6 Å². The number of ether oxygens (including phenoxy) is 1. The lowest BCUT2D eigenvalue weighted by Gasteiger charge is -2.22. The second-order valence-corrected chi connectivity index (χ2v) is 6.84. The van der Waals surface area contributed by atoms with Gasteiger partial charge in [0.1, 0.15) is 22.2 Å². The number of nitrogens with zero attached hydrogens (tertiary/aromatic N) is 1. The average Bonchev–Trinajstić information content (AvgIpc) is 2.90. The molecule has 0 aliphatic carbocycles. The van der Waals surface area contributed by atoms with Gasteiger partial charge in [-0.05, 0) is 31.2 Å². The van der Waals surface area contributed by atoms with Crippen LogP contribution in [0.2, 0.25) is 0 Å². The summed E-state index contributed by atoms with van der Waals surface area (Å²) in [6.45, 7) is 1.40. The number of esters is 1. The van der Waals surface area contributed by atoms with E-state index in [2.05, 4.69) is 10.2 Å². The van der Waals surface area contributed by atoms with Gasteiger partial charge in [0, 0.05) is 18.0 Å². The van der Waals surface area contributed by atoms with Crippen LogP contribution in [0.25, 0.3) is 0 Å². The predicted molar refractivity (Wildman–Crippen MR) is 97.3 cm³/mol. The molecule has 2 heterocycles. The number of anilines is 1. The molecule has 5 nitrogen and oxygen atoms in total. The number of rotatable bonds is 3. The van der Waals surface area contributed by atoms with Crippen molar-refractivity contribution in [1.29, 1.82) is 0 Å². The van der Waals surface area contributed by atoms with Crippen LogP contribution in [0.5, 0.6) is 0 Å². The third-order valence-electron chi connectivity index (χ3n) is 4.05. The number of methoxy groups -OCH3 is 1. The van der Waals surface area contributed by atoms with Gasteiger partial charge in [0.2, 0.25) is 0 Å². The molecule has 1 N–H and O–H groups in total. The van der Waals surface area contributed by atoms with E-state index in [1.807, 2.05) is 7.05 Å². The molecule has 1 aliphatic heterocycles.